The third-order valence-electron chi connectivity index (χ3n) is 4.32. The van der Waals surface area contributed by atoms with Gasteiger partial charge >= 0.3 is 0 Å². The number of nitrogens with zero attached hydrogens (tertiary/aromatic N) is 2. The molecule has 1 aromatic carbocycles. The maximum Gasteiger partial charge on any atom is 0.226 e. The Hall–Kier alpha value is -2.50. The molecule has 1 amide bonds. The van der Waals surface area contributed by atoms with Crippen molar-refractivity contribution in [3.63, 3.8) is 0 Å². The molecule has 6 nitrogen and oxygen atoms in total. The number of carbonyl (C=O) groups excluding carboxylic acids is 1. The lowest BCUT2D eigenvalue weighted by atomic mass is 9.85. The fourth-order valence-corrected chi connectivity index (χ4v) is 3.23. The molecule has 0 radical (unpaired) electrons. The first kappa shape index (κ1) is 16.4. The molecule has 0 spiro atoms. The smallest absolute Gasteiger partial charge is 0.226 e. The van der Waals surface area contributed by atoms with E-state index in [4.69, 9.17) is 9.47 Å². The van der Waals surface area contributed by atoms with Gasteiger partial charge < -0.3 is 14.8 Å². The highest BCUT2D eigenvalue weighted by molar-refractivity contribution is 5.94. The van der Waals surface area contributed by atoms with E-state index in [0.717, 1.165) is 29.1 Å². The normalized spacial score (nSPS) is 16.5. The maximum absolute atomic E-state index is 12.1. The quantitative estimate of drug-likeness (QED) is 0.916. The van der Waals surface area contributed by atoms with Gasteiger partial charge in [0.1, 0.15) is 5.82 Å². The first-order valence-electron chi connectivity index (χ1n) is 8.19. The molecule has 1 N–H and O–H groups in total. The largest absolute Gasteiger partial charge is 0.493 e. The topological polar surface area (TPSA) is 65.4 Å². The first-order chi connectivity index (χ1) is 11.5. The third kappa shape index (κ3) is 2.84. The predicted molar refractivity (Wildman–Crippen MR) is 91.8 cm³/mol. The van der Waals surface area contributed by atoms with Crippen LogP contribution in [-0.2, 0) is 11.8 Å². The maximum atomic E-state index is 12.1. The Kier molecular flexibility index (Phi) is 4.46. The van der Waals surface area contributed by atoms with Crippen molar-refractivity contribution >= 4 is 11.7 Å². The third-order valence-corrected chi connectivity index (χ3v) is 4.32. The van der Waals surface area contributed by atoms with Crippen molar-refractivity contribution in [2.24, 2.45) is 7.05 Å². The van der Waals surface area contributed by atoms with Crippen LogP contribution in [0, 0.1) is 6.92 Å². The molecule has 0 fully saturated rings. The summed E-state index contributed by atoms with van der Waals surface area (Å²) in [5.74, 6) is 2.17. The number of hydrogen-bond acceptors (Lipinski definition) is 4. The van der Waals surface area contributed by atoms with E-state index >= 15 is 0 Å². The average Bonchev–Trinajstić information content (AvgIpc) is 2.86. The van der Waals surface area contributed by atoms with Gasteiger partial charge in [0.25, 0.3) is 0 Å². The highest BCUT2D eigenvalue weighted by Crippen LogP contribution is 2.41. The van der Waals surface area contributed by atoms with E-state index in [1.807, 2.05) is 32.2 Å². The molecule has 1 aliphatic rings. The average molecular weight is 329 g/mol. The van der Waals surface area contributed by atoms with E-state index in [-0.39, 0.29) is 11.8 Å². The lowest BCUT2D eigenvalue weighted by Gasteiger charge is -2.24. The summed E-state index contributed by atoms with van der Waals surface area (Å²) in [7, 11) is 3.48. The van der Waals surface area contributed by atoms with Crippen LogP contribution >= 0.6 is 0 Å². The number of fused-ring (bicyclic) bond motifs is 1. The Morgan fingerprint density at radius 3 is 2.88 bits per heavy atom. The number of hydrogen-bond donors (Lipinski definition) is 1. The molecule has 1 unspecified atom stereocenters. The minimum absolute atomic E-state index is 0.00217. The van der Waals surface area contributed by atoms with Crippen LogP contribution in [0.15, 0.2) is 18.2 Å². The lowest BCUT2D eigenvalue weighted by Crippen LogP contribution is -2.24. The van der Waals surface area contributed by atoms with Crippen molar-refractivity contribution in [1.82, 2.24) is 9.78 Å². The van der Waals surface area contributed by atoms with Gasteiger partial charge in [0.2, 0.25) is 5.91 Å². The summed E-state index contributed by atoms with van der Waals surface area (Å²) >= 11 is 0. The highest BCUT2D eigenvalue weighted by atomic mass is 16.5. The van der Waals surface area contributed by atoms with Gasteiger partial charge in [0, 0.05) is 24.9 Å². The monoisotopic (exact) mass is 329 g/mol. The molecule has 1 aromatic heterocycles. The van der Waals surface area contributed by atoms with E-state index in [9.17, 15) is 4.79 Å². The minimum atomic E-state index is -0.0302. The van der Waals surface area contributed by atoms with Gasteiger partial charge in [-0.05, 0) is 31.0 Å². The predicted octanol–water partition coefficient (Wildman–Crippen LogP) is 3.00. The molecule has 128 valence electrons. The van der Waals surface area contributed by atoms with Crippen molar-refractivity contribution in [3.05, 3.63) is 35.0 Å². The Bertz CT molecular complexity index is 767. The number of aryl methyl sites for hydroxylation is 2. The molecule has 24 heavy (non-hydrogen) atoms. The Morgan fingerprint density at radius 2 is 2.17 bits per heavy atom. The van der Waals surface area contributed by atoms with Crippen LogP contribution in [0.1, 0.15) is 42.5 Å². The zero-order chi connectivity index (χ0) is 17.3. The second-order valence-corrected chi connectivity index (χ2v) is 6.03. The van der Waals surface area contributed by atoms with Crippen LogP contribution in [0.2, 0.25) is 0 Å². The molecule has 1 atom stereocenters. The number of methoxy groups -OCH3 is 1. The molecule has 3 rings (SSSR count). The fraction of sp³-hybridized carbons (Fsp3) is 0.444. The van der Waals surface area contributed by atoms with Gasteiger partial charge in [0.15, 0.2) is 11.5 Å². The SMILES string of the molecule is CCCOc1cc(C2CC(=O)Nc3c2c(C)nn3C)ccc1OC. The standard InChI is InChI=1S/C18H23N3O3/c1-5-8-24-15-9-12(6-7-14(15)23-4)13-10-16(22)19-18-17(13)11(2)20-21(18)3/h6-7,9,13H,5,8,10H2,1-4H3,(H,19,22). The molecule has 0 saturated carbocycles. The molecule has 2 aromatic rings. The Labute approximate surface area is 141 Å². The van der Waals surface area contributed by atoms with E-state index in [0.29, 0.717) is 24.5 Å². The van der Waals surface area contributed by atoms with Crippen molar-refractivity contribution < 1.29 is 14.3 Å². The number of rotatable bonds is 5. The van der Waals surface area contributed by atoms with Crippen molar-refractivity contribution in [2.45, 2.75) is 32.6 Å². The molecule has 0 aliphatic carbocycles. The van der Waals surface area contributed by atoms with Gasteiger partial charge in [-0.25, -0.2) is 0 Å². The molecule has 0 bridgehead atoms. The second kappa shape index (κ2) is 6.55. The summed E-state index contributed by atoms with van der Waals surface area (Å²) in [5.41, 5.74) is 3.04. The fourth-order valence-electron chi connectivity index (χ4n) is 3.23. The number of aromatic nitrogens is 2. The van der Waals surface area contributed by atoms with E-state index in [2.05, 4.69) is 17.3 Å². The molecule has 1 aliphatic heterocycles. The van der Waals surface area contributed by atoms with E-state index < -0.39 is 0 Å². The molecular weight excluding hydrogens is 306 g/mol. The van der Waals surface area contributed by atoms with E-state index in [1.54, 1.807) is 11.8 Å². The van der Waals surface area contributed by atoms with Gasteiger partial charge in [-0.2, -0.15) is 5.10 Å². The zero-order valence-electron chi connectivity index (χ0n) is 14.5. The second-order valence-electron chi connectivity index (χ2n) is 6.03. The van der Waals surface area contributed by atoms with Crippen LogP contribution in [-0.4, -0.2) is 29.4 Å². The number of anilines is 1. The number of amides is 1. The summed E-state index contributed by atoms with van der Waals surface area (Å²) in [6.45, 7) is 4.66. The van der Waals surface area contributed by atoms with Crippen LogP contribution in [0.25, 0.3) is 0 Å². The number of carbonyl (C=O) groups is 1. The summed E-state index contributed by atoms with van der Waals surface area (Å²) in [5, 5.41) is 7.38. The summed E-state index contributed by atoms with van der Waals surface area (Å²) < 4.78 is 12.9. The molecular formula is C18H23N3O3. The van der Waals surface area contributed by atoms with E-state index in [1.165, 1.54) is 0 Å². The van der Waals surface area contributed by atoms with Crippen LogP contribution in [0.4, 0.5) is 5.82 Å². The molecule has 2 heterocycles. The van der Waals surface area contributed by atoms with Gasteiger partial charge in [-0.3, -0.25) is 9.48 Å². The summed E-state index contributed by atoms with van der Waals surface area (Å²) in [6, 6.07) is 5.88. The number of ether oxygens (including phenoxy) is 2. The summed E-state index contributed by atoms with van der Waals surface area (Å²) in [6.07, 6.45) is 1.32. The van der Waals surface area contributed by atoms with Crippen molar-refractivity contribution in [1.29, 1.82) is 0 Å². The van der Waals surface area contributed by atoms with Crippen LogP contribution in [0.3, 0.4) is 0 Å². The van der Waals surface area contributed by atoms with Gasteiger partial charge in [-0.1, -0.05) is 13.0 Å². The Balaban J connectivity index is 2.04. The molecule has 6 heteroatoms. The summed E-state index contributed by atoms with van der Waals surface area (Å²) in [4.78, 5) is 12.1. The van der Waals surface area contributed by atoms with Crippen LogP contribution in [0.5, 0.6) is 11.5 Å². The zero-order valence-corrected chi connectivity index (χ0v) is 14.5. The molecule has 0 saturated heterocycles. The highest BCUT2D eigenvalue weighted by Gasteiger charge is 2.32. The number of benzene rings is 1. The first-order valence-corrected chi connectivity index (χ1v) is 8.19. The van der Waals surface area contributed by atoms with Crippen LogP contribution < -0.4 is 14.8 Å². The number of nitrogens with one attached hydrogen (secondary N) is 1. The Morgan fingerprint density at radius 1 is 1.38 bits per heavy atom. The van der Waals surface area contributed by atoms with Gasteiger partial charge in [0.05, 0.1) is 19.4 Å². The van der Waals surface area contributed by atoms with Gasteiger partial charge in [-0.15, -0.1) is 0 Å². The van der Waals surface area contributed by atoms with Crippen molar-refractivity contribution in [3.8, 4) is 11.5 Å². The van der Waals surface area contributed by atoms with Crippen molar-refractivity contribution in [2.75, 3.05) is 19.0 Å². The minimum Gasteiger partial charge on any atom is -0.493 e. The lowest BCUT2D eigenvalue weighted by molar-refractivity contribution is -0.116.